The zero-order chi connectivity index (χ0) is 12.4. The van der Waals surface area contributed by atoms with Gasteiger partial charge in [0, 0.05) is 30.9 Å². The fourth-order valence-electron chi connectivity index (χ4n) is 1.81. The van der Waals surface area contributed by atoms with Crippen LogP contribution < -0.4 is 10.9 Å². The second-order valence-electron chi connectivity index (χ2n) is 4.50. The molecule has 2 heterocycles. The molecular weight excluding hydrogens is 228 g/mol. The van der Waals surface area contributed by atoms with E-state index in [1.54, 1.807) is 12.4 Å². The van der Waals surface area contributed by atoms with Crippen molar-refractivity contribution in [1.29, 1.82) is 0 Å². The molecule has 1 saturated carbocycles. The maximum absolute atomic E-state index is 11.5. The standard InChI is InChI=1S/C13H14N4O/c18-12-7-11(16-13(17-12)10-1-2-10)15-8-9-3-5-14-6-4-9/h3-7,10H,1-2,8H2,(H2,15,16,17,18). The average Bonchev–Trinajstić information content (AvgIpc) is 3.21. The molecule has 1 aliphatic carbocycles. The Morgan fingerprint density at radius 2 is 2.11 bits per heavy atom. The number of rotatable bonds is 4. The summed E-state index contributed by atoms with van der Waals surface area (Å²) >= 11 is 0. The van der Waals surface area contributed by atoms with Gasteiger partial charge in [-0.1, -0.05) is 0 Å². The van der Waals surface area contributed by atoms with Crippen LogP contribution >= 0.6 is 0 Å². The van der Waals surface area contributed by atoms with Crippen molar-refractivity contribution in [3.05, 3.63) is 52.3 Å². The smallest absolute Gasteiger partial charge is 0.252 e. The minimum absolute atomic E-state index is 0.0934. The molecule has 3 rings (SSSR count). The SMILES string of the molecule is O=c1cc(NCc2ccncc2)nc(C2CC2)[nH]1. The minimum Gasteiger partial charge on any atom is -0.366 e. The van der Waals surface area contributed by atoms with E-state index in [1.807, 2.05) is 12.1 Å². The van der Waals surface area contributed by atoms with Crippen LogP contribution in [0.3, 0.4) is 0 Å². The fraction of sp³-hybridized carbons (Fsp3) is 0.308. The number of hydrogen-bond donors (Lipinski definition) is 2. The van der Waals surface area contributed by atoms with Crippen LogP contribution in [0, 0.1) is 0 Å². The summed E-state index contributed by atoms with van der Waals surface area (Å²) in [6.45, 7) is 0.642. The number of nitrogens with zero attached hydrogens (tertiary/aromatic N) is 2. The van der Waals surface area contributed by atoms with Gasteiger partial charge in [-0.15, -0.1) is 0 Å². The van der Waals surface area contributed by atoms with Gasteiger partial charge in [-0.25, -0.2) is 4.98 Å². The molecule has 1 aliphatic rings. The van der Waals surface area contributed by atoms with Gasteiger partial charge in [0.25, 0.3) is 5.56 Å². The van der Waals surface area contributed by atoms with Crippen molar-refractivity contribution in [1.82, 2.24) is 15.0 Å². The Morgan fingerprint density at radius 1 is 1.33 bits per heavy atom. The molecular formula is C13H14N4O. The quantitative estimate of drug-likeness (QED) is 0.855. The summed E-state index contributed by atoms with van der Waals surface area (Å²) in [5, 5.41) is 3.17. The van der Waals surface area contributed by atoms with E-state index in [-0.39, 0.29) is 5.56 Å². The number of H-pyrrole nitrogens is 1. The van der Waals surface area contributed by atoms with Gasteiger partial charge in [0.15, 0.2) is 0 Å². The Hall–Kier alpha value is -2.17. The first kappa shape index (κ1) is 11.0. The third kappa shape index (κ3) is 2.56. The molecule has 0 amide bonds. The summed E-state index contributed by atoms with van der Waals surface area (Å²) in [4.78, 5) is 22.7. The van der Waals surface area contributed by atoms with Crippen molar-refractivity contribution in [2.45, 2.75) is 25.3 Å². The van der Waals surface area contributed by atoms with E-state index in [4.69, 9.17) is 0 Å². The molecule has 2 N–H and O–H groups in total. The highest BCUT2D eigenvalue weighted by molar-refractivity contribution is 5.35. The molecule has 0 saturated heterocycles. The van der Waals surface area contributed by atoms with Crippen LogP contribution in [0.1, 0.15) is 30.1 Å². The van der Waals surface area contributed by atoms with E-state index in [2.05, 4.69) is 20.3 Å². The number of hydrogen-bond acceptors (Lipinski definition) is 4. The molecule has 0 atom stereocenters. The Bertz CT molecular complexity index is 589. The summed E-state index contributed by atoms with van der Waals surface area (Å²) in [5.74, 6) is 1.89. The first-order chi connectivity index (χ1) is 8.81. The molecule has 5 nitrogen and oxygen atoms in total. The molecule has 2 aromatic rings. The minimum atomic E-state index is -0.0934. The monoisotopic (exact) mass is 242 g/mol. The molecule has 0 radical (unpaired) electrons. The lowest BCUT2D eigenvalue weighted by atomic mass is 10.3. The van der Waals surface area contributed by atoms with Gasteiger partial charge in [-0.3, -0.25) is 9.78 Å². The van der Waals surface area contributed by atoms with Crippen molar-refractivity contribution < 1.29 is 0 Å². The Balaban J connectivity index is 1.74. The highest BCUT2D eigenvalue weighted by Crippen LogP contribution is 2.37. The van der Waals surface area contributed by atoms with Crippen LogP contribution in [0.15, 0.2) is 35.4 Å². The van der Waals surface area contributed by atoms with E-state index in [0.717, 1.165) is 24.2 Å². The van der Waals surface area contributed by atoms with Crippen LogP contribution in [0.5, 0.6) is 0 Å². The summed E-state index contributed by atoms with van der Waals surface area (Å²) in [6, 6.07) is 5.36. The zero-order valence-electron chi connectivity index (χ0n) is 9.89. The van der Waals surface area contributed by atoms with E-state index in [9.17, 15) is 4.79 Å². The third-order valence-electron chi connectivity index (χ3n) is 2.95. The molecule has 1 fully saturated rings. The second kappa shape index (κ2) is 4.60. The summed E-state index contributed by atoms with van der Waals surface area (Å²) in [7, 11) is 0. The van der Waals surface area contributed by atoms with Gasteiger partial charge in [0.2, 0.25) is 0 Å². The number of anilines is 1. The van der Waals surface area contributed by atoms with Gasteiger partial charge in [0.05, 0.1) is 0 Å². The molecule has 0 spiro atoms. The maximum Gasteiger partial charge on any atom is 0.252 e. The molecule has 0 bridgehead atoms. The molecule has 92 valence electrons. The third-order valence-corrected chi connectivity index (χ3v) is 2.95. The predicted octanol–water partition coefficient (Wildman–Crippen LogP) is 1.65. The largest absolute Gasteiger partial charge is 0.366 e. The van der Waals surface area contributed by atoms with Crippen LogP contribution in [0.25, 0.3) is 0 Å². The normalized spacial score (nSPS) is 14.4. The molecule has 0 unspecified atom stereocenters. The average molecular weight is 242 g/mol. The Morgan fingerprint density at radius 3 is 2.83 bits per heavy atom. The highest BCUT2D eigenvalue weighted by atomic mass is 16.1. The van der Waals surface area contributed by atoms with Crippen molar-refractivity contribution in [3.8, 4) is 0 Å². The molecule has 0 aliphatic heterocycles. The lowest BCUT2D eigenvalue weighted by Gasteiger charge is -2.06. The van der Waals surface area contributed by atoms with Gasteiger partial charge < -0.3 is 10.3 Å². The first-order valence-corrected chi connectivity index (χ1v) is 6.05. The molecule has 5 heteroatoms. The van der Waals surface area contributed by atoms with Crippen LogP contribution in [-0.4, -0.2) is 15.0 Å². The van der Waals surface area contributed by atoms with E-state index in [0.29, 0.717) is 18.3 Å². The number of aromatic amines is 1. The lowest BCUT2D eigenvalue weighted by molar-refractivity contribution is 0.903. The van der Waals surface area contributed by atoms with Crippen LogP contribution in [0.2, 0.25) is 0 Å². The van der Waals surface area contributed by atoms with Crippen LogP contribution in [-0.2, 0) is 6.54 Å². The molecule has 18 heavy (non-hydrogen) atoms. The highest BCUT2D eigenvalue weighted by Gasteiger charge is 2.26. The van der Waals surface area contributed by atoms with Crippen molar-refractivity contribution in [2.24, 2.45) is 0 Å². The summed E-state index contributed by atoms with van der Waals surface area (Å²) < 4.78 is 0. The van der Waals surface area contributed by atoms with Crippen LogP contribution in [0.4, 0.5) is 5.82 Å². The maximum atomic E-state index is 11.5. The number of pyridine rings is 1. The Labute approximate surface area is 104 Å². The number of nitrogens with one attached hydrogen (secondary N) is 2. The zero-order valence-corrected chi connectivity index (χ0v) is 9.89. The van der Waals surface area contributed by atoms with Gasteiger partial charge in [0.1, 0.15) is 11.6 Å². The van der Waals surface area contributed by atoms with Gasteiger partial charge >= 0.3 is 0 Å². The van der Waals surface area contributed by atoms with Crippen molar-refractivity contribution in [3.63, 3.8) is 0 Å². The summed E-state index contributed by atoms with van der Waals surface area (Å²) in [5.41, 5.74) is 1.02. The lowest BCUT2D eigenvalue weighted by Crippen LogP contribution is -2.13. The summed E-state index contributed by atoms with van der Waals surface area (Å²) in [6.07, 6.45) is 5.74. The molecule has 2 aromatic heterocycles. The number of aromatic nitrogens is 3. The van der Waals surface area contributed by atoms with E-state index < -0.39 is 0 Å². The van der Waals surface area contributed by atoms with Gasteiger partial charge in [-0.05, 0) is 30.5 Å². The fourth-order valence-corrected chi connectivity index (χ4v) is 1.81. The van der Waals surface area contributed by atoms with E-state index >= 15 is 0 Å². The Kier molecular flexibility index (Phi) is 2.80. The topological polar surface area (TPSA) is 70.7 Å². The molecule has 0 aromatic carbocycles. The van der Waals surface area contributed by atoms with Crippen molar-refractivity contribution in [2.75, 3.05) is 5.32 Å². The first-order valence-electron chi connectivity index (χ1n) is 6.05. The van der Waals surface area contributed by atoms with Crippen molar-refractivity contribution >= 4 is 5.82 Å². The predicted molar refractivity (Wildman–Crippen MR) is 68.4 cm³/mol. The van der Waals surface area contributed by atoms with Gasteiger partial charge in [-0.2, -0.15) is 0 Å². The van der Waals surface area contributed by atoms with E-state index in [1.165, 1.54) is 6.07 Å². The second-order valence-corrected chi connectivity index (χ2v) is 4.50.